The lowest BCUT2D eigenvalue weighted by molar-refractivity contribution is -0.128. The summed E-state index contributed by atoms with van der Waals surface area (Å²) in [7, 11) is 3.98. The lowest BCUT2D eigenvalue weighted by Crippen LogP contribution is -2.40. The van der Waals surface area contributed by atoms with Crippen molar-refractivity contribution in [2.45, 2.75) is 11.3 Å². The Kier molecular flexibility index (Phi) is 5.05. The predicted octanol–water partition coefficient (Wildman–Crippen LogP) is 1.76. The van der Waals surface area contributed by atoms with Gasteiger partial charge in [0.05, 0.1) is 17.2 Å². The summed E-state index contributed by atoms with van der Waals surface area (Å²) >= 11 is 1.57. The number of carbonyl (C=O) groups excluding carboxylic acids is 1. The Morgan fingerprint density at radius 3 is 2.75 bits per heavy atom. The second-order valence-electron chi connectivity index (χ2n) is 5.11. The van der Waals surface area contributed by atoms with Gasteiger partial charge in [0, 0.05) is 13.1 Å². The number of carbonyl (C=O) groups is 1. The van der Waals surface area contributed by atoms with E-state index in [2.05, 4.69) is 11.0 Å². The third-order valence-electron chi connectivity index (χ3n) is 3.38. The fourth-order valence-electron chi connectivity index (χ4n) is 2.27. The summed E-state index contributed by atoms with van der Waals surface area (Å²) in [5.41, 5.74) is 0.983. The molecule has 0 aliphatic carbocycles. The second kappa shape index (κ2) is 6.78. The quantitative estimate of drug-likeness (QED) is 0.828. The topological polar surface area (TPSA) is 47.3 Å². The van der Waals surface area contributed by atoms with Crippen LogP contribution in [-0.2, 0) is 4.79 Å². The van der Waals surface area contributed by atoms with Crippen LogP contribution in [0.2, 0.25) is 0 Å². The van der Waals surface area contributed by atoms with Crippen LogP contribution in [0.15, 0.2) is 30.3 Å². The molecule has 4 nitrogen and oxygen atoms in total. The van der Waals surface area contributed by atoms with Crippen LogP contribution in [0.1, 0.15) is 11.5 Å². The fourth-order valence-corrected chi connectivity index (χ4v) is 3.56. The summed E-state index contributed by atoms with van der Waals surface area (Å²) < 4.78 is 0. The maximum absolute atomic E-state index is 12.0. The Bertz CT molecular complexity index is 498. The summed E-state index contributed by atoms with van der Waals surface area (Å²) in [6, 6.07) is 12.1. The summed E-state index contributed by atoms with van der Waals surface area (Å²) in [6.07, 6.45) is 0. The predicted molar refractivity (Wildman–Crippen MR) is 81.3 cm³/mol. The zero-order valence-corrected chi connectivity index (χ0v) is 12.6. The van der Waals surface area contributed by atoms with Crippen LogP contribution in [0.4, 0.5) is 0 Å². The van der Waals surface area contributed by atoms with Crippen molar-refractivity contribution < 1.29 is 4.79 Å². The number of nitriles is 1. The number of hydrogen-bond acceptors (Lipinski definition) is 4. The van der Waals surface area contributed by atoms with Gasteiger partial charge in [-0.05, 0) is 19.7 Å². The van der Waals surface area contributed by atoms with Gasteiger partial charge in [-0.25, -0.2) is 0 Å². The molecule has 1 aromatic carbocycles. The van der Waals surface area contributed by atoms with Crippen LogP contribution in [0.3, 0.4) is 0 Å². The van der Waals surface area contributed by atoms with Crippen LogP contribution in [-0.4, -0.2) is 54.0 Å². The van der Waals surface area contributed by atoms with Crippen molar-refractivity contribution in [1.29, 1.82) is 5.26 Å². The van der Waals surface area contributed by atoms with Crippen LogP contribution in [0, 0.1) is 11.3 Å². The zero-order chi connectivity index (χ0) is 14.5. The van der Waals surface area contributed by atoms with Crippen molar-refractivity contribution in [3.8, 4) is 6.07 Å². The van der Waals surface area contributed by atoms with E-state index in [0.29, 0.717) is 12.3 Å². The van der Waals surface area contributed by atoms with Crippen molar-refractivity contribution in [1.82, 2.24) is 9.80 Å². The minimum Gasteiger partial charge on any atom is -0.327 e. The average Bonchev–Trinajstić information content (AvgIpc) is 2.80. The molecule has 5 heteroatoms. The smallest absolute Gasteiger partial charge is 0.233 e. The first-order chi connectivity index (χ1) is 9.63. The number of benzene rings is 1. The van der Waals surface area contributed by atoms with Crippen molar-refractivity contribution in [2.75, 3.05) is 32.9 Å². The van der Waals surface area contributed by atoms with Gasteiger partial charge >= 0.3 is 0 Å². The van der Waals surface area contributed by atoms with Crippen LogP contribution in [0.25, 0.3) is 0 Å². The van der Waals surface area contributed by atoms with Gasteiger partial charge in [0.2, 0.25) is 5.91 Å². The van der Waals surface area contributed by atoms with Crippen molar-refractivity contribution in [2.24, 2.45) is 0 Å². The van der Waals surface area contributed by atoms with Gasteiger partial charge < -0.3 is 9.80 Å². The summed E-state index contributed by atoms with van der Waals surface area (Å²) in [5.74, 6) is 0.344. The molecule has 0 aromatic heterocycles. The molecule has 1 fully saturated rings. The Hall–Kier alpha value is -1.51. The third-order valence-corrected chi connectivity index (χ3v) is 4.66. The van der Waals surface area contributed by atoms with E-state index in [1.54, 1.807) is 11.8 Å². The molecule has 0 spiro atoms. The highest BCUT2D eigenvalue weighted by Gasteiger charge is 2.37. The van der Waals surface area contributed by atoms with E-state index in [0.717, 1.165) is 12.1 Å². The highest BCUT2D eigenvalue weighted by molar-refractivity contribution is 8.01. The first-order valence-electron chi connectivity index (χ1n) is 6.64. The molecule has 1 aromatic rings. The second-order valence-corrected chi connectivity index (χ2v) is 6.21. The summed E-state index contributed by atoms with van der Waals surface area (Å²) in [6.45, 7) is 1.49. The molecule has 1 aliphatic heterocycles. The maximum atomic E-state index is 12.0. The Morgan fingerprint density at radius 2 is 2.15 bits per heavy atom. The molecule has 1 amide bonds. The van der Waals surface area contributed by atoms with Gasteiger partial charge in [0.15, 0.2) is 0 Å². The largest absolute Gasteiger partial charge is 0.327 e. The third kappa shape index (κ3) is 3.33. The van der Waals surface area contributed by atoms with Gasteiger partial charge in [-0.1, -0.05) is 30.3 Å². The maximum Gasteiger partial charge on any atom is 0.233 e. The Morgan fingerprint density at radius 1 is 1.45 bits per heavy atom. The molecule has 0 radical (unpaired) electrons. The molecule has 2 unspecified atom stereocenters. The van der Waals surface area contributed by atoms with Gasteiger partial charge in [0.1, 0.15) is 5.92 Å². The van der Waals surface area contributed by atoms with Crippen molar-refractivity contribution >= 4 is 17.7 Å². The molecule has 1 aliphatic rings. The van der Waals surface area contributed by atoms with Crippen molar-refractivity contribution in [3.05, 3.63) is 35.9 Å². The van der Waals surface area contributed by atoms with Gasteiger partial charge in [-0.2, -0.15) is 5.26 Å². The van der Waals surface area contributed by atoms with Gasteiger partial charge in [0.25, 0.3) is 0 Å². The molecule has 2 rings (SSSR count). The highest BCUT2D eigenvalue weighted by Crippen LogP contribution is 2.35. The van der Waals surface area contributed by atoms with E-state index >= 15 is 0 Å². The van der Waals surface area contributed by atoms with Crippen LogP contribution < -0.4 is 0 Å². The Labute approximate surface area is 124 Å². The van der Waals surface area contributed by atoms with Crippen LogP contribution in [0.5, 0.6) is 0 Å². The Balaban J connectivity index is 2.16. The molecule has 0 bridgehead atoms. The molecule has 106 valence electrons. The molecular formula is C15H19N3OS. The standard InChI is InChI=1S/C15H19N3OS/c1-17(2)8-9-18-14(19)11-20-15(18)13(10-16)12-6-4-3-5-7-12/h3-7,13,15H,8-9,11H2,1-2H3. The molecule has 0 N–H and O–H groups in total. The lowest BCUT2D eigenvalue weighted by atomic mass is 10.00. The number of rotatable bonds is 5. The van der Waals surface area contributed by atoms with E-state index in [1.165, 1.54) is 0 Å². The molecule has 1 saturated heterocycles. The number of hydrogen-bond donors (Lipinski definition) is 0. The molecule has 1 heterocycles. The van der Waals surface area contributed by atoms with Gasteiger partial charge in [-0.15, -0.1) is 11.8 Å². The molecule has 2 atom stereocenters. The normalized spacial score (nSPS) is 20.2. The SMILES string of the molecule is CN(C)CCN1C(=O)CSC1C(C#N)c1ccccc1. The highest BCUT2D eigenvalue weighted by atomic mass is 32.2. The molecule has 0 saturated carbocycles. The van der Waals surface area contributed by atoms with E-state index in [4.69, 9.17) is 0 Å². The number of amides is 1. The van der Waals surface area contributed by atoms with E-state index in [1.807, 2.05) is 49.3 Å². The minimum atomic E-state index is -0.269. The van der Waals surface area contributed by atoms with Gasteiger partial charge in [-0.3, -0.25) is 4.79 Å². The number of thioether (sulfide) groups is 1. The first-order valence-corrected chi connectivity index (χ1v) is 7.68. The molecular weight excluding hydrogens is 270 g/mol. The lowest BCUT2D eigenvalue weighted by Gasteiger charge is -2.28. The monoisotopic (exact) mass is 289 g/mol. The summed E-state index contributed by atoms with van der Waals surface area (Å²) in [4.78, 5) is 15.9. The number of nitrogens with zero attached hydrogens (tertiary/aromatic N) is 3. The van der Waals surface area contributed by atoms with E-state index in [-0.39, 0.29) is 17.2 Å². The van der Waals surface area contributed by atoms with E-state index < -0.39 is 0 Å². The zero-order valence-electron chi connectivity index (χ0n) is 11.8. The molecule has 20 heavy (non-hydrogen) atoms. The first kappa shape index (κ1) is 14.9. The van der Waals surface area contributed by atoms with Crippen molar-refractivity contribution in [3.63, 3.8) is 0 Å². The average molecular weight is 289 g/mol. The fraction of sp³-hybridized carbons (Fsp3) is 0.467. The van der Waals surface area contributed by atoms with E-state index in [9.17, 15) is 10.1 Å². The number of likely N-dealkylation sites (N-methyl/N-ethyl adjacent to an activating group) is 1. The summed E-state index contributed by atoms with van der Waals surface area (Å²) in [5, 5.41) is 9.44. The van der Waals surface area contributed by atoms with Crippen LogP contribution >= 0.6 is 11.8 Å². The minimum absolute atomic E-state index is 0.0742.